The molecule has 0 bridgehead atoms. The molecule has 2 rings (SSSR count). The molecule has 1 heterocycles. The van der Waals surface area contributed by atoms with E-state index in [1.807, 2.05) is 4.90 Å². The maximum atomic E-state index is 12.4. The second-order valence-corrected chi connectivity index (χ2v) is 5.89. The van der Waals surface area contributed by atoms with E-state index in [9.17, 15) is 9.59 Å². The average molecular weight is 350 g/mol. The van der Waals surface area contributed by atoms with Crippen LogP contribution in [0, 0.1) is 0 Å². The summed E-state index contributed by atoms with van der Waals surface area (Å²) in [6.45, 7) is 1.51. The van der Waals surface area contributed by atoms with E-state index < -0.39 is 0 Å². The molecule has 1 N–H and O–H groups in total. The molecule has 0 atom stereocenters. The highest BCUT2D eigenvalue weighted by molar-refractivity contribution is 5.97. The molecule has 7 heteroatoms. The largest absolute Gasteiger partial charge is 0.493 e. The Bertz CT molecular complexity index is 584. The van der Waals surface area contributed by atoms with E-state index in [1.54, 1.807) is 12.1 Å². The minimum Gasteiger partial charge on any atom is -0.493 e. The second-order valence-electron chi connectivity index (χ2n) is 5.89. The Balaban J connectivity index is 2.03. The topological polar surface area (TPSA) is 77.1 Å². The van der Waals surface area contributed by atoms with Gasteiger partial charge in [-0.2, -0.15) is 0 Å². The Morgan fingerprint density at radius 2 is 1.52 bits per heavy atom. The number of likely N-dealkylation sites (tertiary alicyclic amines) is 1. The maximum Gasteiger partial charge on any atom is 0.251 e. The highest BCUT2D eigenvalue weighted by Crippen LogP contribution is 2.38. The highest BCUT2D eigenvalue weighted by Gasteiger charge is 2.19. The fourth-order valence-corrected chi connectivity index (χ4v) is 2.90. The monoisotopic (exact) mass is 350 g/mol. The van der Waals surface area contributed by atoms with E-state index in [1.165, 1.54) is 21.3 Å². The molecule has 1 aliphatic heterocycles. The molecule has 0 radical (unpaired) electrons. The molecule has 0 aromatic heterocycles. The molecule has 138 valence electrons. The van der Waals surface area contributed by atoms with Gasteiger partial charge in [0.2, 0.25) is 11.7 Å². The van der Waals surface area contributed by atoms with Gasteiger partial charge < -0.3 is 24.4 Å². The van der Waals surface area contributed by atoms with Gasteiger partial charge in [0.05, 0.1) is 27.9 Å². The zero-order valence-electron chi connectivity index (χ0n) is 15.1. The van der Waals surface area contributed by atoms with Crippen LogP contribution < -0.4 is 19.5 Å². The van der Waals surface area contributed by atoms with Crippen LogP contribution >= 0.6 is 0 Å². The second kappa shape index (κ2) is 9.15. The molecule has 1 fully saturated rings. The van der Waals surface area contributed by atoms with Crippen molar-refractivity contribution in [2.75, 3.05) is 41.0 Å². The molecule has 0 unspecified atom stereocenters. The van der Waals surface area contributed by atoms with Gasteiger partial charge in [0.25, 0.3) is 5.91 Å². The number of carbonyl (C=O) groups is 2. The van der Waals surface area contributed by atoms with E-state index >= 15 is 0 Å². The number of nitrogens with zero attached hydrogens (tertiary/aromatic N) is 1. The van der Waals surface area contributed by atoms with Crippen LogP contribution in [0.1, 0.15) is 36.0 Å². The summed E-state index contributed by atoms with van der Waals surface area (Å²) in [5.41, 5.74) is 0.346. The summed E-state index contributed by atoms with van der Waals surface area (Å²) in [5.74, 6) is 0.795. The summed E-state index contributed by atoms with van der Waals surface area (Å²) in [7, 11) is 4.48. The molecular formula is C18H26N2O5. The lowest BCUT2D eigenvalue weighted by molar-refractivity contribution is -0.130. The van der Waals surface area contributed by atoms with Crippen LogP contribution in [-0.2, 0) is 4.79 Å². The number of rotatable bonds is 6. The van der Waals surface area contributed by atoms with Crippen LogP contribution in [0.5, 0.6) is 17.2 Å². The Hall–Kier alpha value is -2.44. The van der Waals surface area contributed by atoms with Crippen molar-refractivity contribution in [1.29, 1.82) is 0 Å². The number of ether oxygens (including phenoxy) is 3. The van der Waals surface area contributed by atoms with Crippen molar-refractivity contribution in [2.24, 2.45) is 0 Å². The van der Waals surface area contributed by atoms with Crippen LogP contribution in [0.4, 0.5) is 0 Å². The Morgan fingerprint density at radius 1 is 0.960 bits per heavy atom. The van der Waals surface area contributed by atoms with Crippen molar-refractivity contribution in [3.63, 3.8) is 0 Å². The first-order chi connectivity index (χ1) is 12.1. The van der Waals surface area contributed by atoms with Crippen molar-refractivity contribution in [1.82, 2.24) is 10.2 Å². The van der Waals surface area contributed by atoms with E-state index in [2.05, 4.69) is 5.32 Å². The molecule has 1 aromatic carbocycles. The Labute approximate surface area is 148 Å². The molecule has 2 amide bonds. The number of carbonyl (C=O) groups excluding carboxylic acids is 2. The van der Waals surface area contributed by atoms with Crippen LogP contribution in [0.3, 0.4) is 0 Å². The first kappa shape index (κ1) is 18.9. The number of nitrogens with one attached hydrogen (secondary N) is 1. The number of hydrogen-bond donors (Lipinski definition) is 1. The van der Waals surface area contributed by atoms with E-state index in [-0.39, 0.29) is 18.4 Å². The summed E-state index contributed by atoms with van der Waals surface area (Å²) in [6.07, 6.45) is 4.35. The summed E-state index contributed by atoms with van der Waals surface area (Å²) < 4.78 is 15.7. The van der Waals surface area contributed by atoms with Crippen molar-refractivity contribution in [3.05, 3.63) is 17.7 Å². The SMILES string of the molecule is COc1cc(C(=O)NCC(=O)N2CCCCCC2)cc(OC)c1OC. The molecule has 1 aromatic rings. The first-order valence-electron chi connectivity index (χ1n) is 8.46. The summed E-state index contributed by atoms with van der Waals surface area (Å²) in [5, 5.41) is 2.67. The molecule has 0 aliphatic carbocycles. The van der Waals surface area contributed by atoms with Gasteiger partial charge >= 0.3 is 0 Å². The third kappa shape index (κ3) is 4.78. The maximum absolute atomic E-state index is 12.4. The van der Waals surface area contributed by atoms with Crippen LogP contribution in [0.15, 0.2) is 12.1 Å². The number of methoxy groups -OCH3 is 3. The molecule has 25 heavy (non-hydrogen) atoms. The fraction of sp³-hybridized carbons (Fsp3) is 0.556. The van der Waals surface area contributed by atoms with Crippen LogP contribution in [0.25, 0.3) is 0 Å². The van der Waals surface area contributed by atoms with Crippen molar-refractivity contribution in [2.45, 2.75) is 25.7 Å². The lowest BCUT2D eigenvalue weighted by atomic mass is 10.1. The minimum absolute atomic E-state index is 0.0184. The molecular weight excluding hydrogens is 324 g/mol. The third-order valence-electron chi connectivity index (χ3n) is 4.29. The van der Waals surface area contributed by atoms with Crippen molar-refractivity contribution in [3.8, 4) is 17.2 Å². The van der Waals surface area contributed by atoms with Gasteiger partial charge in [0, 0.05) is 18.7 Å². The Kier molecular flexibility index (Phi) is 6.91. The quantitative estimate of drug-likeness (QED) is 0.847. The zero-order chi connectivity index (χ0) is 18.2. The van der Waals surface area contributed by atoms with Crippen LogP contribution in [-0.4, -0.2) is 57.7 Å². The normalized spacial score (nSPS) is 14.4. The summed E-state index contributed by atoms with van der Waals surface area (Å²) in [6, 6.07) is 3.13. The van der Waals surface area contributed by atoms with Gasteiger partial charge in [0.1, 0.15) is 0 Å². The molecule has 1 saturated heterocycles. The fourth-order valence-electron chi connectivity index (χ4n) is 2.90. The number of amides is 2. The standard InChI is InChI=1S/C18H26N2O5/c1-23-14-10-13(11-15(24-2)17(14)25-3)18(22)19-12-16(21)20-8-6-4-5-7-9-20/h10-11H,4-9,12H2,1-3H3,(H,19,22). The molecule has 0 spiro atoms. The average Bonchev–Trinajstić information content (AvgIpc) is 2.93. The summed E-state index contributed by atoms with van der Waals surface area (Å²) in [4.78, 5) is 26.5. The first-order valence-corrected chi connectivity index (χ1v) is 8.46. The zero-order valence-corrected chi connectivity index (χ0v) is 15.1. The smallest absolute Gasteiger partial charge is 0.251 e. The number of hydrogen-bond acceptors (Lipinski definition) is 5. The van der Waals surface area contributed by atoms with Gasteiger partial charge in [-0.15, -0.1) is 0 Å². The van der Waals surface area contributed by atoms with Crippen molar-refractivity contribution >= 4 is 11.8 Å². The number of benzene rings is 1. The predicted octanol–water partition coefficient (Wildman–Crippen LogP) is 1.84. The van der Waals surface area contributed by atoms with Gasteiger partial charge in [-0.05, 0) is 25.0 Å². The summed E-state index contributed by atoms with van der Waals surface area (Å²) >= 11 is 0. The van der Waals surface area contributed by atoms with Gasteiger partial charge in [-0.1, -0.05) is 12.8 Å². The molecule has 1 aliphatic rings. The Morgan fingerprint density at radius 3 is 2.00 bits per heavy atom. The van der Waals surface area contributed by atoms with E-state index in [0.717, 1.165) is 38.8 Å². The lowest BCUT2D eigenvalue weighted by Crippen LogP contribution is -2.40. The van der Waals surface area contributed by atoms with Crippen molar-refractivity contribution < 1.29 is 23.8 Å². The highest BCUT2D eigenvalue weighted by atomic mass is 16.5. The van der Waals surface area contributed by atoms with Gasteiger partial charge in [-0.3, -0.25) is 9.59 Å². The molecule has 7 nitrogen and oxygen atoms in total. The lowest BCUT2D eigenvalue weighted by Gasteiger charge is -2.20. The third-order valence-corrected chi connectivity index (χ3v) is 4.29. The van der Waals surface area contributed by atoms with E-state index in [4.69, 9.17) is 14.2 Å². The van der Waals surface area contributed by atoms with Gasteiger partial charge in [-0.25, -0.2) is 0 Å². The predicted molar refractivity (Wildman–Crippen MR) is 93.5 cm³/mol. The van der Waals surface area contributed by atoms with Gasteiger partial charge in [0.15, 0.2) is 11.5 Å². The van der Waals surface area contributed by atoms with Crippen LogP contribution in [0.2, 0.25) is 0 Å². The van der Waals surface area contributed by atoms with E-state index in [0.29, 0.717) is 22.8 Å². The minimum atomic E-state index is -0.359. The molecule has 0 saturated carbocycles.